The number of allylic oxidation sites excluding steroid dienone is 1. The van der Waals surface area contributed by atoms with Crippen LogP contribution in [0.15, 0.2) is 66.7 Å². The summed E-state index contributed by atoms with van der Waals surface area (Å²) in [5, 5.41) is 5.21. The number of morpholine rings is 1. The van der Waals surface area contributed by atoms with Gasteiger partial charge in [-0.15, -0.1) is 0 Å². The van der Waals surface area contributed by atoms with E-state index in [2.05, 4.69) is 137 Å². The Bertz CT molecular complexity index is 1890. The van der Waals surface area contributed by atoms with Crippen LogP contribution in [0.4, 0.5) is 5.69 Å². The van der Waals surface area contributed by atoms with E-state index >= 15 is 0 Å². The van der Waals surface area contributed by atoms with Crippen LogP contribution in [0, 0.1) is 10.5 Å². The summed E-state index contributed by atoms with van der Waals surface area (Å²) in [6, 6.07) is 22.4. The van der Waals surface area contributed by atoms with Crippen molar-refractivity contribution >= 4 is 72.6 Å². The first-order valence-electron chi connectivity index (χ1n) is 14.5. The number of benzene rings is 3. The highest BCUT2D eigenvalue weighted by Gasteiger charge is 2.44. The number of halogens is 1. The number of rotatable bonds is 5. The molecule has 5 aromatic rings. The van der Waals surface area contributed by atoms with Crippen LogP contribution in [-0.2, 0) is 16.7 Å². The average molecular weight is 656 g/mol. The highest BCUT2D eigenvalue weighted by atomic mass is 127. The quantitative estimate of drug-likeness (QED) is 0.147. The monoisotopic (exact) mass is 655 g/mol. The van der Waals surface area contributed by atoms with Crippen LogP contribution in [0.25, 0.3) is 38.7 Å². The lowest BCUT2D eigenvalue weighted by Crippen LogP contribution is -2.38. The molecular weight excluding hydrogens is 619 g/mol. The van der Waals surface area contributed by atoms with Crippen molar-refractivity contribution in [2.24, 2.45) is 0 Å². The summed E-state index contributed by atoms with van der Waals surface area (Å²) >= 11 is 2.40. The number of ether oxygens (including phenoxy) is 1. The molecule has 2 aliphatic rings. The number of para-hydroxylation sites is 1. The van der Waals surface area contributed by atoms with E-state index < -0.39 is 0 Å². The predicted molar refractivity (Wildman–Crippen MR) is 179 cm³/mol. The molecule has 0 N–H and O–H groups in total. The van der Waals surface area contributed by atoms with Gasteiger partial charge >= 0.3 is 0 Å². The summed E-state index contributed by atoms with van der Waals surface area (Å²) in [5.74, 6) is 0. The maximum absolute atomic E-state index is 5.56. The van der Waals surface area contributed by atoms with Crippen molar-refractivity contribution in [1.82, 2.24) is 14.5 Å². The molecule has 2 aromatic heterocycles. The van der Waals surface area contributed by atoms with Crippen LogP contribution in [0.2, 0.25) is 0 Å². The van der Waals surface area contributed by atoms with E-state index in [0.717, 1.165) is 50.8 Å². The number of aryl methyl sites for hydroxylation is 1. The number of pyridine rings is 1. The van der Waals surface area contributed by atoms with E-state index in [1.165, 1.54) is 53.1 Å². The molecule has 0 unspecified atom stereocenters. The van der Waals surface area contributed by atoms with Crippen LogP contribution >= 0.6 is 22.6 Å². The van der Waals surface area contributed by atoms with Gasteiger partial charge < -0.3 is 9.30 Å². The second-order valence-electron chi connectivity index (χ2n) is 11.9. The lowest BCUT2D eigenvalue weighted by atomic mass is 9.79. The van der Waals surface area contributed by atoms with Crippen LogP contribution < -0.4 is 0 Å². The summed E-state index contributed by atoms with van der Waals surface area (Å²) in [6.07, 6.45) is 4.49. The van der Waals surface area contributed by atoms with Gasteiger partial charge in [-0.1, -0.05) is 24.3 Å². The lowest BCUT2D eigenvalue weighted by Gasteiger charge is -2.27. The molecular formula is C35H36IN4O+. The van der Waals surface area contributed by atoms with Crippen LogP contribution in [0.3, 0.4) is 0 Å². The largest absolute Gasteiger partial charge is 0.379 e. The van der Waals surface area contributed by atoms with Crippen LogP contribution in [0.5, 0.6) is 0 Å². The molecule has 5 nitrogen and oxygen atoms in total. The second kappa shape index (κ2) is 10.3. The number of aromatic nitrogens is 2. The highest BCUT2D eigenvalue weighted by molar-refractivity contribution is 14.1. The van der Waals surface area contributed by atoms with Gasteiger partial charge in [-0.2, -0.15) is 4.58 Å². The van der Waals surface area contributed by atoms with Crippen molar-refractivity contribution in [3.05, 3.63) is 87.3 Å². The average Bonchev–Trinajstić information content (AvgIpc) is 3.39. The molecule has 0 spiro atoms. The standard InChI is InChI=1S/C35H36IN4O/c1-23-34-29(28-7-5-6-8-30(28)40(34)16-15-39-17-19-41-20-18-39)22-26(37-23)11-14-32-35(2,3)33-27-12-10-25(36)21-24(27)9-13-31(33)38(32)4/h5-14,21-22H,15-20H2,1-4H3/q+1. The van der Waals surface area contributed by atoms with Gasteiger partial charge in [0.1, 0.15) is 7.05 Å². The number of hydrogen-bond donors (Lipinski definition) is 0. The van der Waals surface area contributed by atoms with Crippen molar-refractivity contribution in [3.63, 3.8) is 0 Å². The molecule has 1 saturated heterocycles. The van der Waals surface area contributed by atoms with E-state index in [1.807, 2.05) is 0 Å². The van der Waals surface area contributed by atoms with Gasteiger partial charge in [-0.05, 0) is 90.5 Å². The normalized spacial score (nSPS) is 17.5. The molecule has 1 fully saturated rings. The van der Waals surface area contributed by atoms with Gasteiger partial charge in [-0.3, -0.25) is 9.88 Å². The molecule has 7 rings (SSSR count). The first-order chi connectivity index (χ1) is 19.8. The first-order valence-corrected chi connectivity index (χ1v) is 15.6. The topological polar surface area (TPSA) is 33.3 Å². The lowest BCUT2D eigenvalue weighted by molar-refractivity contribution is -0.401. The number of fused-ring (bicyclic) bond motifs is 6. The van der Waals surface area contributed by atoms with Crippen molar-refractivity contribution in [1.29, 1.82) is 0 Å². The number of nitrogens with zero attached hydrogens (tertiary/aromatic N) is 4. The first kappa shape index (κ1) is 26.8. The van der Waals surface area contributed by atoms with Gasteiger partial charge in [0.15, 0.2) is 5.71 Å². The molecule has 0 amide bonds. The molecule has 4 heterocycles. The third-order valence-corrected chi connectivity index (χ3v) is 9.72. The molecule has 0 saturated carbocycles. The van der Waals surface area contributed by atoms with Crippen molar-refractivity contribution < 1.29 is 9.31 Å². The fourth-order valence-electron chi connectivity index (χ4n) is 7.06. The maximum Gasteiger partial charge on any atom is 0.210 e. The molecule has 0 aliphatic carbocycles. The zero-order chi connectivity index (χ0) is 28.3. The molecule has 2 aliphatic heterocycles. The van der Waals surface area contributed by atoms with Crippen LogP contribution in [-0.4, -0.2) is 64.6 Å². The van der Waals surface area contributed by atoms with E-state index in [-0.39, 0.29) is 5.41 Å². The molecule has 208 valence electrons. The molecule has 3 aromatic carbocycles. The third kappa shape index (κ3) is 4.51. The predicted octanol–water partition coefficient (Wildman–Crippen LogP) is 7.31. The fraction of sp³-hybridized carbons (Fsp3) is 0.314. The Kier molecular flexibility index (Phi) is 6.75. The highest BCUT2D eigenvalue weighted by Crippen LogP contribution is 2.44. The zero-order valence-electron chi connectivity index (χ0n) is 24.2. The Balaban J connectivity index is 1.27. The molecule has 0 atom stereocenters. The van der Waals surface area contributed by atoms with Gasteiger partial charge in [-0.25, -0.2) is 0 Å². The van der Waals surface area contributed by atoms with Crippen molar-refractivity contribution in [3.8, 4) is 0 Å². The minimum atomic E-state index is -0.123. The Hall–Kier alpha value is -3.07. The maximum atomic E-state index is 5.56. The van der Waals surface area contributed by atoms with Crippen molar-refractivity contribution in [2.45, 2.75) is 32.7 Å². The SMILES string of the molecule is Cc1nc(/C=C/C2=[N+](C)c3ccc4cc(I)ccc4c3C2(C)C)cc2c3ccccc3n(CCN3CCOCC3)c12. The summed E-state index contributed by atoms with van der Waals surface area (Å²) in [5.41, 5.74) is 8.45. The molecule has 0 radical (unpaired) electrons. The van der Waals surface area contributed by atoms with Crippen LogP contribution in [0.1, 0.15) is 30.8 Å². The van der Waals surface area contributed by atoms with Crippen molar-refractivity contribution in [2.75, 3.05) is 39.9 Å². The summed E-state index contributed by atoms with van der Waals surface area (Å²) < 4.78 is 11.7. The van der Waals surface area contributed by atoms with E-state index in [4.69, 9.17) is 9.72 Å². The number of hydrogen-bond acceptors (Lipinski definition) is 3. The van der Waals surface area contributed by atoms with Gasteiger partial charge in [0, 0.05) is 63.7 Å². The summed E-state index contributed by atoms with van der Waals surface area (Å²) in [7, 11) is 2.19. The van der Waals surface area contributed by atoms with Gasteiger partial charge in [0.2, 0.25) is 5.69 Å². The smallest absolute Gasteiger partial charge is 0.210 e. The summed E-state index contributed by atoms with van der Waals surface area (Å²) in [4.78, 5) is 7.62. The van der Waals surface area contributed by atoms with E-state index in [9.17, 15) is 0 Å². The Morgan fingerprint density at radius 2 is 1.76 bits per heavy atom. The Morgan fingerprint density at radius 3 is 2.59 bits per heavy atom. The molecule has 41 heavy (non-hydrogen) atoms. The minimum Gasteiger partial charge on any atom is -0.379 e. The van der Waals surface area contributed by atoms with E-state index in [0.29, 0.717) is 0 Å². The zero-order valence-corrected chi connectivity index (χ0v) is 26.4. The third-order valence-electron chi connectivity index (χ3n) is 9.05. The fourth-order valence-corrected chi connectivity index (χ4v) is 7.58. The minimum absolute atomic E-state index is 0.123. The Labute approximate surface area is 255 Å². The molecule has 6 heteroatoms. The second-order valence-corrected chi connectivity index (χ2v) is 13.1. The van der Waals surface area contributed by atoms with Gasteiger partial charge in [0.05, 0.1) is 35.5 Å². The van der Waals surface area contributed by atoms with Gasteiger partial charge in [0.25, 0.3) is 0 Å². The van der Waals surface area contributed by atoms with E-state index in [1.54, 1.807) is 0 Å². The molecule has 0 bridgehead atoms. The summed E-state index contributed by atoms with van der Waals surface area (Å²) in [6.45, 7) is 12.5. The Morgan fingerprint density at radius 1 is 0.951 bits per heavy atom.